The quantitative estimate of drug-likeness (QED) is 0.626. The normalized spacial score (nSPS) is 13.6. The Hall–Kier alpha value is -3.22. The molecule has 0 unspecified atom stereocenters. The zero-order chi connectivity index (χ0) is 22.1. The van der Waals surface area contributed by atoms with E-state index in [0.29, 0.717) is 50.4 Å². The summed E-state index contributed by atoms with van der Waals surface area (Å²) in [5, 5.41) is 2.89. The Balaban J connectivity index is 1.38. The van der Waals surface area contributed by atoms with E-state index < -0.39 is 0 Å². The molecular weight excluding hydrogens is 394 g/mol. The molecular formula is C24H31N3O4. The summed E-state index contributed by atoms with van der Waals surface area (Å²) in [5.41, 5.74) is 1.66. The zero-order valence-corrected chi connectivity index (χ0v) is 18.3. The van der Waals surface area contributed by atoms with Gasteiger partial charge in [0.1, 0.15) is 11.5 Å². The molecule has 1 aliphatic heterocycles. The summed E-state index contributed by atoms with van der Waals surface area (Å²) >= 11 is 0. The van der Waals surface area contributed by atoms with Crippen LogP contribution in [0.4, 0.5) is 5.69 Å². The number of piperazine rings is 1. The van der Waals surface area contributed by atoms with Gasteiger partial charge < -0.3 is 24.6 Å². The van der Waals surface area contributed by atoms with E-state index in [0.717, 1.165) is 24.5 Å². The van der Waals surface area contributed by atoms with Gasteiger partial charge in [-0.05, 0) is 49.7 Å². The zero-order valence-electron chi connectivity index (χ0n) is 18.3. The summed E-state index contributed by atoms with van der Waals surface area (Å²) in [4.78, 5) is 29.1. The lowest BCUT2D eigenvalue weighted by Crippen LogP contribution is -2.48. The smallest absolute Gasteiger partial charge is 0.255 e. The average Bonchev–Trinajstić information content (AvgIpc) is 2.82. The highest BCUT2D eigenvalue weighted by molar-refractivity contribution is 5.96. The molecule has 7 heteroatoms. The van der Waals surface area contributed by atoms with E-state index in [2.05, 4.69) is 10.2 Å². The highest BCUT2D eigenvalue weighted by atomic mass is 16.5. The monoisotopic (exact) mass is 425 g/mol. The molecule has 0 bridgehead atoms. The van der Waals surface area contributed by atoms with Crippen molar-refractivity contribution in [2.45, 2.75) is 19.8 Å². The molecule has 31 heavy (non-hydrogen) atoms. The maximum absolute atomic E-state index is 12.5. The molecule has 0 aliphatic carbocycles. The van der Waals surface area contributed by atoms with E-state index in [1.807, 2.05) is 48.2 Å². The molecule has 0 atom stereocenters. The Morgan fingerprint density at radius 2 is 1.71 bits per heavy atom. The lowest BCUT2D eigenvalue weighted by atomic mass is 10.2. The number of para-hydroxylation sites is 1. The number of carbonyl (C=O) groups excluding carboxylic acids is 2. The Kier molecular flexibility index (Phi) is 8.15. The Bertz CT molecular complexity index is 861. The predicted molar refractivity (Wildman–Crippen MR) is 121 cm³/mol. The van der Waals surface area contributed by atoms with Crippen molar-refractivity contribution in [3.8, 4) is 11.5 Å². The maximum Gasteiger partial charge on any atom is 0.255 e. The highest BCUT2D eigenvalue weighted by Crippen LogP contribution is 2.21. The molecule has 1 fully saturated rings. The van der Waals surface area contributed by atoms with E-state index in [4.69, 9.17) is 9.47 Å². The Morgan fingerprint density at radius 3 is 2.39 bits per heavy atom. The summed E-state index contributed by atoms with van der Waals surface area (Å²) in [6, 6.07) is 15.2. The summed E-state index contributed by atoms with van der Waals surface area (Å²) < 4.78 is 10.7. The third-order valence-corrected chi connectivity index (χ3v) is 5.35. The van der Waals surface area contributed by atoms with Crippen molar-refractivity contribution in [2.24, 2.45) is 0 Å². The largest absolute Gasteiger partial charge is 0.497 e. The van der Waals surface area contributed by atoms with E-state index in [1.165, 1.54) is 0 Å². The first-order valence-corrected chi connectivity index (χ1v) is 10.8. The van der Waals surface area contributed by atoms with Gasteiger partial charge in [0.2, 0.25) is 5.91 Å². The van der Waals surface area contributed by atoms with Crippen LogP contribution in [0.2, 0.25) is 0 Å². The third-order valence-electron chi connectivity index (χ3n) is 5.35. The van der Waals surface area contributed by atoms with Crippen LogP contribution in [0.15, 0.2) is 48.5 Å². The molecule has 0 aromatic heterocycles. The minimum Gasteiger partial charge on any atom is -0.497 e. The lowest BCUT2D eigenvalue weighted by Gasteiger charge is -2.36. The van der Waals surface area contributed by atoms with Crippen molar-refractivity contribution in [1.29, 1.82) is 0 Å². The van der Waals surface area contributed by atoms with Gasteiger partial charge >= 0.3 is 0 Å². The summed E-state index contributed by atoms with van der Waals surface area (Å²) in [6.45, 7) is 5.88. The van der Waals surface area contributed by atoms with Gasteiger partial charge in [-0.1, -0.05) is 12.1 Å². The standard InChI is InChI=1S/C24H31N3O4/c1-3-31-22-8-5-4-7-21(22)24(29)25-14-6-9-23(28)27-17-15-26(16-18-27)19-10-12-20(30-2)13-11-19/h4-5,7-8,10-13H,3,6,9,14-18H2,1-2H3,(H,25,29). The SMILES string of the molecule is CCOc1ccccc1C(=O)NCCCC(=O)N1CCN(c2ccc(OC)cc2)CC1. The highest BCUT2D eigenvalue weighted by Gasteiger charge is 2.21. The lowest BCUT2D eigenvalue weighted by molar-refractivity contribution is -0.131. The van der Waals surface area contributed by atoms with Gasteiger partial charge in [-0.3, -0.25) is 9.59 Å². The van der Waals surface area contributed by atoms with Crippen molar-refractivity contribution in [3.63, 3.8) is 0 Å². The van der Waals surface area contributed by atoms with Crippen LogP contribution < -0.4 is 19.7 Å². The van der Waals surface area contributed by atoms with Gasteiger partial charge in [-0.25, -0.2) is 0 Å². The van der Waals surface area contributed by atoms with Crippen LogP contribution in [0.3, 0.4) is 0 Å². The fraction of sp³-hybridized carbons (Fsp3) is 0.417. The minimum absolute atomic E-state index is 0.137. The number of anilines is 1. The molecule has 0 spiro atoms. The Labute approximate surface area is 183 Å². The molecule has 1 N–H and O–H groups in total. The molecule has 0 radical (unpaired) electrons. The van der Waals surface area contributed by atoms with E-state index >= 15 is 0 Å². The van der Waals surface area contributed by atoms with E-state index in [9.17, 15) is 9.59 Å². The first-order chi connectivity index (χ1) is 15.1. The molecule has 2 aromatic carbocycles. The number of benzene rings is 2. The second-order valence-corrected chi connectivity index (χ2v) is 7.35. The molecule has 2 aromatic rings. The van der Waals surface area contributed by atoms with Crippen LogP contribution in [0.25, 0.3) is 0 Å². The number of nitrogens with zero attached hydrogens (tertiary/aromatic N) is 2. The molecule has 0 saturated carbocycles. The number of nitrogens with one attached hydrogen (secondary N) is 1. The number of ether oxygens (including phenoxy) is 2. The fourth-order valence-corrected chi connectivity index (χ4v) is 3.64. The molecule has 2 amide bonds. The average molecular weight is 426 g/mol. The minimum atomic E-state index is -0.176. The van der Waals surface area contributed by atoms with Crippen LogP contribution in [0.5, 0.6) is 11.5 Å². The number of methoxy groups -OCH3 is 1. The van der Waals surface area contributed by atoms with Crippen molar-refractivity contribution in [2.75, 3.05) is 51.3 Å². The third kappa shape index (κ3) is 6.13. The van der Waals surface area contributed by atoms with Gasteiger partial charge in [-0.2, -0.15) is 0 Å². The number of carbonyl (C=O) groups is 2. The van der Waals surface area contributed by atoms with Gasteiger partial charge in [0.05, 0.1) is 19.3 Å². The van der Waals surface area contributed by atoms with Gasteiger partial charge in [-0.15, -0.1) is 0 Å². The second-order valence-electron chi connectivity index (χ2n) is 7.35. The van der Waals surface area contributed by atoms with Crippen LogP contribution >= 0.6 is 0 Å². The topological polar surface area (TPSA) is 71.1 Å². The van der Waals surface area contributed by atoms with Gasteiger partial charge in [0, 0.05) is 44.8 Å². The molecule has 1 saturated heterocycles. The van der Waals surface area contributed by atoms with E-state index in [1.54, 1.807) is 19.2 Å². The maximum atomic E-state index is 12.5. The summed E-state index contributed by atoms with van der Waals surface area (Å²) in [5.74, 6) is 1.38. The van der Waals surface area contributed by atoms with Crippen molar-refractivity contribution in [1.82, 2.24) is 10.2 Å². The first-order valence-electron chi connectivity index (χ1n) is 10.8. The van der Waals surface area contributed by atoms with Crippen molar-refractivity contribution >= 4 is 17.5 Å². The molecule has 3 rings (SSSR count). The van der Waals surface area contributed by atoms with Crippen molar-refractivity contribution in [3.05, 3.63) is 54.1 Å². The predicted octanol–water partition coefficient (Wildman–Crippen LogP) is 2.95. The summed E-state index contributed by atoms with van der Waals surface area (Å²) in [7, 11) is 1.66. The van der Waals surface area contributed by atoms with E-state index in [-0.39, 0.29) is 11.8 Å². The number of hydrogen-bond acceptors (Lipinski definition) is 5. The van der Waals surface area contributed by atoms with Crippen molar-refractivity contribution < 1.29 is 19.1 Å². The number of hydrogen-bond donors (Lipinski definition) is 1. The Morgan fingerprint density at radius 1 is 1.00 bits per heavy atom. The fourth-order valence-electron chi connectivity index (χ4n) is 3.64. The number of amides is 2. The summed E-state index contributed by atoms with van der Waals surface area (Å²) in [6.07, 6.45) is 1.04. The van der Waals surface area contributed by atoms with Crippen LogP contribution in [-0.2, 0) is 4.79 Å². The van der Waals surface area contributed by atoms with Crippen LogP contribution in [-0.4, -0.2) is 63.2 Å². The van der Waals surface area contributed by atoms with Gasteiger partial charge in [0.25, 0.3) is 5.91 Å². The molecule has 1 heterocycles. The molecule has 7 nitrogen and oxygen atoms in total. The molecule has 1 aliphatic rings. The van der Waals surface area contributed by atoms with Gasteiger partial charge in [0.15, 0.2) is 0 Å². The molecule has 166 valence electrons. The number of rotatable bonds is 9. The van der Waals surface area contributed by atoms with Crippen LogP contribution in [0, 0.1) is 0 Å². The van der Waals surface area contributed by atoms with Crippen LogP contribution in [0.1, 0.15) is 30.1 Å². The second kappa shape index (κ2) is 11.2. The first kappa shape index (κ1) is 22.5.